The van der Waals surface area contributed by atoms with Gasteiger partial charge in [0.1, 0.15) is 12.4 Å². The number of nitrogens with one attached hydrogen (secondary N) is 1. The molecular weight excluding hydrogens is 319 g/mol. The maximum atomic E-state index is 12.5. The molecule has 0 saturated carbocycles. The summed E-state index contributed by atoms with van der Waals surface area (Å²) in [5.74, 6) is 0.482. The van der Waals surface area contributed by atoms with Gasteiger partial charge in [0.25, 0.3) is 0 Å². The summed E-state index contributed by atoms with van der Waals surface area (Å²) in [6.45, 7) is 0.564. The van der Waals surface area contributed by atoms with E-state index in [2.05, 4.69) is 5.32 Å². The molecule has 1 atom stereocenters. The molecule has 2 rings (SSSR count). The van der Waals surface area contributed by atoms with Crippen molar-refractivity contribution in [3.8, 4) is 5.75 Å². The van der Waals surface area contributed by atoms with Gasteiger partial charge in [-0.2, -0.15) is 13.2 Å². The summed E-state index contributed by atoms with van der Waals surface area (Å²) >= 11 is 0. The molecule has 0 spiro atoms. The van der Waals surface area contributed by atoms with Crippen molar-refractivity contribution in [2.24, 2.45) is 0 Å². The molecule has 0 radical (unpaired) electrons. The van der Waals surface area contributed by atoms with Crippen LogP contribution in [0.3, 0.4) is 0 Å². The first-order valence-electron chi connectivity index (χ1n) is 7.00. The lowest BCUT2D eigenvalue weighted by atomic mass is 10.2. The Kier molecular flexibility index (Phi) is 5.33. The molecule has 0 bridgehead atoms. The molecule has 1 heterocycles. The zero-order valence-corrected chi connectivity index (χ0v) is 12.7. The zero-order valence-electron chi connectivity index (χ0n) is 11.9. The Morgan fingerprint density at radius 1 is 1.32 bits per heavy atom. The fourth-order valence-corrected chi connectivity index (χ4v) is 4.05. The molecule has 1 aromatic rings. The Hall–Kier alpha value is -1.28. The fraction of sp³-hybridized carbons (Fsp3) is 0.571. The summed E-state index contributed by atoms with van der Waals surface area (Å²) in [7, 11) is -2.97. The predicted octanol–water partition coefficient (Wildman–Crippen LogP) is 2.25. The number of alkyl halides is 3. The molecule has 0 aromatic heterocycles. The second kappa shape index (κ2) is 6.87. The minimum atomic E-state index is -4.39. The van der Waals surface area contributed by atoms with Crippen LogP contribution < -0.4 is 10.1 Å². The van der Waals surface area contributed by atoms with Gasteiger partial charge in [0, 0.05) is 12.6 Å². The van der Waals surface area contributed by atoms with E-state index in [-0.39, 0.29) is 29.9 Å². The van der Waals surface area contributed by atoms with Gasteiger partial charge < -0.3 is 10.1 Å². The van der Waals surface area contributed by atoms with Crippen LogP contribution in [0.5, 0.6) is 5.75 Å². The van der Waals surface area contributed by atoms with Gasteiger partial charge in [0.2, 0.25) is 0 Å². The summed E-state index contributed by atoms with van der Waals surface area (Å²) < 4.78 is 65.9. The number of hydrogen-bond acceptors (Lipinski definition) is 4. The van der Waals surface area contributed by atoms with Crippen molar-refractivity contribution < 1.29 is 26.3 Å². The van der Waals surface area contributed by atoms with E-state index in [9.17, 15) is 21.6 Å². The van der Waals surface area contributed by atoms with Crippen LogP contribution in [0.2, 0.25) is 0 Å². The highest BCUT2D eigenvalue weighted by molar-refractivity contribution is 7.91. The molecule has 8 heteroatoms. The van der Waals surface area contributed by atoms with E-state index in [1.165, 1.54) is 12.1 Å². The van der Waals surface area contributed by atoms with E-state index >= 15 is 0 Å². The molecule has 0 amide bonds. The largest absolute Gasteiger partial charge is 0.492 e. The van der Waals surface area contributed by atoms with Crippen molar-refractivity contribution in [3.63, 3.8) is 0 Å². The van der Waals surface area contributed by atoms with Crippen molar-refractivity contribution in [2.75, 3.05) is 24.7 Å². The van der Waals surface area contributed by atoms with Crippen molar-refractivity contribution in [3.05, 3.63) is 29.8 Å². The number of rotatable bonds is 5. The lowest BCUT2D eigenvalue weighted by molar-refractivity contribution is -0.137. The van der Waals surface area contributed by atoms with Gasteiger partial charge in [0.15, 0.2) is 9.84 Å². The number of halogens is 3. The molecule has 1 N–H and O–H groups in total. The second-order valence-electron chi connectivity index (χ2n) is 5.28. The highest BCUT2D eigenvalue weighted by atomic mass is 32.2. The first-order chi connectivity index (χ1) is 10.3. The summed E-state index contributed by atoms with van der Waals surface area (Å²) in [5.41, 5.74) is -0.753. The SMILES string of the molecule is O=S1(=O)CCC[C@@H](NCCOc2cccc(C(F)(F)F)c2)C1. The zero-order chi connectivity index (χ0) is 16.2. The number of benzene rings is 1. The Morgan fingerprint density at radius 2 is 2.09 bits per heavy atom. The lowest BCUT2D eigenvalue weighted by Crippen LogP contribution is -2.41. The van der Waals surface area contributed by atoms with Crippen LogP contribution in [0.4, 0.5) is 13.2 Å². The van der Waals surface area contributed by atoms with Gasteiger partial charge in [-0.25, -0.2) is 8.42 Å². The topological polar surface area (TPSA) is 55.4 Å². The highest BCUT2D eigenvalue weighted by Crippen LogP contribution is 2.31. The smallest absolute Gasteiger partial charge is 0.416 e. The molecule has 22 heavy (non-hydrogen) atoms. The van der Waals surface area contributed by atoms with Crippen molar-refractivity contribution >= 4 is 9.84 Å². The van der Waals surface area contributed by atoms with E-state index in [1.54, 1.807) is 0 Å². The molecule has 1 aromatic carbocycles. The van der Waals surface area contributed by atoms with E-state index < -0.39 is 21.6 Å². The average molecular weight is 337 g/mol. The normalized spacial score (nSPS) is 21.5. The molecule has 0 unspecified atom stereocenters. The number of ether oxygens (including phenoxy) is 1. The molecule has 1 saturated heterocycles. The Labute approximate surface area is 127 Å². The number of hydrogen-bond donors (Lipinski definition) is 1. The minimum Gasteiger partial charge on any atom is -0.492 e. The molecule has 4 nitrogen and oxygen atoms in total. The fourth-order valence-electron chi connectivity index (χ4n) is 2.38. The highest BCUT2D eigenvalue weighted by Gasteiger charge is 2.30. The quantitative estimate of drug-likeness (QED) is 0.838. The van der Waals surface area contributed by atoms with Crippen LogP contribution in [0.1, 0.15) is 18.4 Å². The molecule has 124 valence electrons. The summed E-state index contributed by atoms with van der Waals surface area (Å²) in [6.07, 6.45) is -2.98. The Bertz CT molecular complexity index is 602. The average Bonchev–Trinajstić information content (AvgIpc) is 2.42. The third-order valence-electron chi connectivity index (χ3n) is 3.43. The van der Waals surface area contributed by atoms with E-state index in [1.807, 2.05) is 0 Å². The van der Waals surface area contributed by atoms with Gasteiger partial charge in [-0.3, -0.25) is 0 Å². The first kappa shape index (κ1) is 17.1. The maximum Gasteiger partial charge on any atom is 0.416 e. The lowest BCUT2D eigenvalue weighted by Gasteiger charge is -2.23. The summed E-state index contributed by atoms with van der Waals surface area (Å²) in [6, 6.07) is 4.58. The monoisotopic (exact) mass is 337 g/mol. The van der Waals surface area contributed by atoms with E-state index in [0.29, 0.717) is 13.0 Å². The van der Waals surface area contributed by atoms with E-state index in [0.717, 1.165) is 18.6 Å². The van der Waals surface area contributed by atoms with Crippen molar-refractivity contribution in [2.45, 2.75) is 25.1 Å². The number of sulfone groups is 1. The van der Waals surface area contributed by atoms with Crippen LogP contribution in [0.25, 0.3) is 0 Å². The minimum absolute atomic E-state index is 0.108. The van der Waals surface area contributed by atoms with Gasteiger partial charge in [0.05, 0.1) is 17.1 Å². The molecule has 1 aliphatic rings. The van der Waals surface area contributed by atoms with Gasteiger partial charge >= 0.3 is 6.18 Å². The maximum absolute atomic E-state index is 12.5. The third-order valence-corrected chi connectivity index (χ3v) is 5.25. The molecule has 0 aliphatic carbocycles. The standard InChI is InChI=1S/C14H18F3NO3S/c15-14(16,17)11-3-1-5-13(9-11)21-7-6-18-12-4-2-8-22(19,20)10-12/h1,3,5,9,12,18H,2,4,6-8,10H2/t12-/m1/s1. The Balaban J connectivity index is 1.77. The predicted molar refractivity (Wildman–Crippen MR) is 76.6 cm³/mol. The van der Waals surface area contributed by atoms with E-state index in [4.69, 9.17) is 4.74 Å². The van der Waals surface area contributed by atoms with Crippen LogP contribution in [0, 0.1) is 0 Å². The third kappa shape index (κ3) is 5.17. The Morgan fingerprint density at radius 3 is 2.77 bits per heavy atom. The van der Waals surface area contributed by atoms with Gasteiger partial charge in [-0.15, -0.1) is 0 Å². The summed E-state index contributed by atoms with van der Waals surface area (Å²) in [5, 5.41) is 3.07. The molecular formula is C14H18F3NO3S. The molecule has 1 fully saturated rings. The van der Waals surface area contributed by atoms with Crippen molar-refractivity contribution in [1.29, 1.82) is 0 Å². The van der Waals surface area contributed by atoms with Crippen molar-refractivity contribution in [1.82, 2.24) is 5.32 Å². The molecule has 1 aliphatic heterocycles. The first-order valence-corrected chi connectivity index (χ1v) is 8.82. The van der Waals surface area contributed by atoms with Gasteiger partial charge in [-0.05, 0) is 31.0 Å². The van der Waals surface area contributed by atoms with Crippen LogP contribution in [0.15, 0.2) is 24.3 Å². The van der Waals surface area contributed by atoms with Crippen LogP contribution in [-0.2, 0) is 16.0 Å². The summed E-state index contributed by atoms with van der Waals surface area (Å²) in [4.78, 5) is 0. The van der Waals surface area contributed by atoms with Gasteiger partial charge in [-0.1, -0.05) is 6.07 Å². The van der Waals surface area contributed by atoms with Crippen LogP contribution >= 0.6 is 0 Å². The second-order valence-corrected chi connectivity index (χ2v) is 7.51. The van der Waals surface area contributed by atoms with Crippen LogP contribution in [-0.4, -0.2) is 39.1 Å².